The summed E-state index contributed by atoms with van der Waals surface area (Å²) in [4.78, 5) is 41.6. The van der Waals surface area contributed by atoms with E-state index in [1.807, 2.05) is 24.3 Å². The normalized spacial score (nSPS) is 15.3. The summed E-state index contributed by atoms with van der Waals surface area (Å²) in [6.07, 6.45) is 0.933. The fourth-order valence-corrected chi connectivity index (χ4v) is 3.30. The quantitative estimate of drug-likeness (QED) is 0.476. The van der Waals surface area contributed by atoms with Crippen LogP contribution in [0.15, 0.2) is 48.5 Å². The third-order valence-electron chi connectivity index (χ3n) is 4.81. The van der Waals surface area contributed by atoms with E-state index in [9.17, 15) is 19.6 Å². The molecule has 0 radical (unpaired) electrons. The standard InChI is InChI=1S/C20H17BN2O4/c1-14-6-2-5-9-17(14)19(25)23(13-24)27-20(26)18-10-15-7-3-4-8-16(15)11-21(18)12-22/h2-9,13,18H,10-11H2,1H3. The maximum absolute atomic E-state index is 12.6. The number of amides is 2. The molecule has 2 aromatic carbocycles. The fourth-order valence-electron chi connectivity index (χ4n) is 3.30. The Labute approximate surface area is 157 Å². The van der Waals surface area contributed by atoms with E-state index in [1.54, 1.807) is 31.2 Å². The van der Waals surface area contributed by atoms with Gasteiger partial charge in [0.2, 0.25) is 0 Å². The van der Waals surface area contributed by atoms with Gasteiger partial charge in [0.05, 0.1) is 5.82 Å². The molecule has 0 N–H and O–H groups in total. The molecular formula is C20H17BN2O4. The first-order valence-corrected chi connectivity index (χ1v) is 8.58. The van der Waals surface area contributed by atoms with E-state index in [-0.39, 0.29) is 12.0 Å². The average Bonchev–Trinajstić information content (AvgIpc) is 2.70. The van der Waals surface area contributed by atoms with Crippen LogP contribution in [0.4, 0.5) is 0 Å². The topological polar surface area (TPSA) is 87.5 Å². The van der Waals surface area contributed by atoms with Crippen LogP contribution in [-0.4, -0.2) is 30.1 Å². The number of imide groups is 1. The minimum absolute atomic E-state index is 0.171. The van der Waals surface area contributed by atoms with Crippen molar-refractivity contribution in [2.75, 3.05) is 0 Å². The van der Waals surface area contributed by atoms with Gasteiger partial charge in [0.15, 0.2) is 0 Å². The van der Waals surface area contributed by atoms with E-state index >= 15 is 0 Å². The summed E-state index contributed by atoms with van der Waals surface area (Å²) in [5.74, 6) is -0.0747. The van der Waals surface area contributed by atoms with Gasteiger partial charge in [0, 0.05) is 11.5 Å². The van der Waals surface area contributed by atoms with Gasteiger partial charge in [-0.1, -0.05) is 48.0 Å². The smallest absolute Gasteiger partial charge is 0.330 e. The van der Waals surface area contributed by atoms with Crippen LogP contribution in [0, 0.1) is 18.2 Å². The average molecular weight is 360 g/mol. The van der Waals surface area contributed by atoms with Crippen LogP contribution in [-0.2, 0) is 27.2 Å². The summed E-state index contributed by atoms with van der Waals surface area (Å²) < 4.78 is 0. The number of benzene rings is 2. The zero-order valence-electron chi connectivity index (χ0n) is 14.8. The number of hydrogen-bond acceptors (Lipinski definition) is 5. The molecule has 0 aliphatic carbocycles. The van der Waals surface area contributed by atoms with Crippen LogP contribution in [0.5, 0.6) is 0 Å². The molecule has 2 aromatic rings. The molecule has 1 atom stereocenters. The number of fused-ring (bicyclic) bond motifs is 1. The van der Waals surface area contributed by atoms with Crippen molar-refractivity contribution in [3.63, 3.8) is 0 Å². The first kappa shape index (κ1) is 18.4. The molecule has 0 fully saturated rings. The predicted molar refractivity (Wildman–Crippen MR) is 98.5 cm³/mol. The Bertz CT molecular complexity index is 938. The molecule has 1 aliphatic rings. The minimum atomic E-state index is -0.759. The number of aryl methyl sites for hydroxylation is 1. The monoisotopic (exact) mass is 360 g/mol. The van der Waals surface area contributed by atoms with E-state index in [0.29, 0.717) is 23.4 Å². The molecule has 3 rings (SSSR count). The van der Waals surface area contributed by atoms with Gasteiger partial charge >= 0.3 is 5.97 Å². The Morgan fingerprint density at radius 2 is 1.85 bits per heavy atom. The van der Waals surface area contributed by atoms with Crippen molar-refractivity contribution in [2.45, 2.75) is 25.5 Å². The van der Waals surface area contributed by atoms with Crippen molar-refractivity contribution < 1.29 is 19.2 Å². The number of carbonyl (C=O) groups is 3. The molecule has 1 unspecified atom stereocenters. The highest BCUT2D eigenvalue weighted by atomic mass is 16.7. The molecular weight excluding hydrogens is 343 g/mol. The highest BCUT2D eigenvalue weighted by Gasteiger charge is 2.39. The molecule has 2 amide bonds. The fraction of sp³-hybridized carbons (Fsp3) is 0.200. The zero-order chi connectivity index (χ0) is 19.4. The van der Waals surface area contributed by atoms with Crippen molar-refractivity contribution in [1.29, 1.82) is 5.26 Å². The van der Waals surface area contributed by atoms with Crippen molar-refractivity contribution in [3.8, 4) is 5.97 Å². The van der Waals surface area contributed by atoms with Gasteiger partial charge in [0.25, 0.3) is 19.0 Å². The van der Waals surface area contributed by atoms with Gasteiger partial charge in [-0.15, -0.1) is 5.06 Å². The number of rotatable bonds is 3. The predicted octanol–water partition coefficient (Wildman–Crippen LogP) is 2.32. The second kappa shape index (κ2) is 7.87. The van der Waals surface area contributed by atoms with Crippen molar-refractivity contribution in [3.05, 3.63) is 70.8 Å². The third-order valence-corrected chi connectivity index (χ3v) is 4.81. The molecule has 0 saturated carbocycles. The summed E-state index contributed by atoms with van der Waals surface area (Å²) in [6, 6.07) is 14.3. The molecule has 0 aromatic heterocycles. The van der Waals surface area contributed by atoms with Gasteiger partial charge in [-0.25, -0.2) is 5.26 Å². The Hall–Kier alpha value is -3.40. The molecule has 0 bridgehead atoms. The second-order valence-electron chi connectivity index (χ2n) is 6.48. The Balaban J connectivity index is 1.79. The Morgan fingerprint density at radius 1 is 1.19 bits per heavy atom. The SMILES string of the molecule is Cc1ccccc1C(=O)N(C=O)OC(=O)C1Cc2ccccc2CB1C#N. The van der Waals surface area contributed by atoms with Crippen LogP contribution in [0.25, 0.3) is 0 Å². The zero-order valence-corrected chi connectivity index (χ0v) is 14.8. The van der Waals surface area contributed by atoms with Gasteiger partial charge in [0.1, 0.15) is 0 Å². The van der Waals surface area contributed by atoms with Crippen LogP contribution >= 0.6 is 0 Å². The highest BCUT2D eigenvalue weighted by molar-refractivity contribution is 6.71. The summed E-state index contributed by atoms with van der Waals surface area (Å²) in [5.41, 5.74) is 2.92. The van der Waals surface area contributed by atoms with Gasteiger partial charge in [-0.2, -0.15) is 0 Å². The van der Waals surface area contributed by atoms with Gasteiger partial charge in [-0.05, 0) is 36.9 Å². The lowest BCUT2D eigenvalue weighted by atomic mass is 9.36. The van der Waals surface area contributed by atoms with E-state index in [2.05, 4.69) is 5.97 Å². The first-order valence-electron chi connectivity index (χ1n) is 8.58. The van der Waals surface area contributed by atoms with Crippen LogP contribution < -0.4 is 0 Å². The molecule has 27 heavy (non-hydrogen) atoms. The van der Waals surface area contributed by atoms with Crippen molar-refractivity contribution >= 4 is 25.0 Å². The Kier molecular flexibility index (Phi) is 5.37. The minimum Gasteiger partial charge on any atom is -0.331 e. The van der Waals surface area contributed by atoms with Crippen LogP contribution in [0.3, 0.4) is 0 Å². The van der Waals surface area contributed by atoms with Crippen LogP contribution in [0.1, 0.15) is 27.0 Å². The highest BCUT2D eigenvalue weighted by Crippen LogP contribution is 2.30. The molecule has 1 heterocycles. The van der Waals surface area contributed by atoms with Crippen LogP contribution in [0.2, 0.25) is 5.82 Å². The Morgan fingerprint density at radius 3 is 2.52 bits per heavy atom. The lowest BCUT2D eigenvalue weighted by molar-refractivity contribution is -0.180. The molecule has 134 valence electrons. The first-order chi connectivity index (χ1) is 13.0. The summed E-state index contributed by atoms with van der Waals surface area (Å²) in [7, 11) is 0. The van der Waals surface area contributed by atoms with E-state index in [1.165, 1.54) is 0 Å². The van der Waals surface area contributed by atoms with Gasteiger partial charge < -0.3 is 4.84 Å². The van der Waals surface area contributed by atoms with E-state index in [4.69, 9.17) is 4.84 Å². The maximum Gasteiger partial charge on any atom is 0.330 e. The lowest BCUT2D eigenvalue weighted by Crippen LogP contribution is -2.40. The number of nitriles is 1. The summed E-state index contributed by atoms with van der Waals surface area (Å²) >= 11 is 0. The maximum atomic E-state index is 12.6. The molecule has 6 nitrogen and oxygen atoms in total. The second-order valence-corrected chi connectivity index (χ2v) is 6.48. The van der Waals surface area contributed by atoms with Crippen molar-refractivity contribution in [2.24, 2.45) is 0 Å². The van der Waals surface area contributed by atoms with Gasteiger partial charge in [-0.3, -0.25) is 14.4 Å². The summed E-state index contributed by atoms with van der Waals surface area (Å²) in [5, 5.41) is 9.85. The number of hydrogen-bond donors (Lipinski definition) is 0. The summed E-state index contributed by atoms with van der Waals surface area (Å²) in [6.45, 7) is 1.15. The largest absolute Gasteiger partial charge is 0.331 e. The lowest BCUT2D eigenvalue weighted by Gasteiger charge is -2.26. The third kappa shape index (κ3) is 3.75. The number of hydroxylamine groups is 2. The molecule has 1 aliphatic heterocycles. The van der Waals surface area contributed by atoms with E-state index < -0.39 is 24.4 Å². The molecule has 7 heteroatoms. The number of carbonyl (C=O) groups excluding carboxylic acids is 3. The number of nitrogens with zero attached hydrogens (tertiary/aromatic N) is 2. The molecule has 0 spiro atoms. The van der Waals surface area contributed by atoms with E-state index in [0.717, 1.165) is 11.1 Å². The molecule has 0 saturated heterocycles. The van der Waals surface area contributed by atoms with Crippen molar-refractivity contribution in [1.82, 2.24) is 5.06 Å².